The van der Waals surface area contributed by atoms with Gasteiger partial charge in [0.25, 0.3) is 0 Å². The zero-order valence-corrected chi connectivity index (χ0v) is 10.5. The van der Waals surface area contributed by atoms with Crippen LogP contribution in [0.3, 0.4) is 0 Å². The van der Waals surface area contributed by atoms with Gasteiger partial charge in [0.05, 0.1) is 0 Å². The number of halogens is 1. The molecule has 98 valence electrons. The maximum Gasteiger partial charge on any atom is 0.339 e. The Hall–Kier alpha value is -2.68. The van der Waals surface area contributed by atoms with Gasteiger partial charge in [0.2, 0.25) is 0 Å². The van der Waals surface area contributed by atoms with Crippen molar-refractivity contribution >= 4 is 16.7 Å². The van der Waals surface area contributed by atoms with Crippen LogP contribution in [0.25, 0.3) is 21.9 Å². The number of fused-ring (bicyclic) bond motifs is 1. The fourth-order valence-corrected chi connectivity index (χ4v) is 2.43. The second kappa shape index (κ2) is 4.78. The molecule has 0 spiro atoms. The minimum absolute atomic E-state index is 0.288. The Balaban J connectivity index is 2.37. The zero-order chi connectivity index (χ0) is 14.1. The van der Waals surface area contributed by atoms with Gasteiger partial charge in [0.15, 0.2) is 0 Å². The Labute approximate surface area is 115 Å². The Morgan fingerprint density at radius 3 is 2.30 bits per heavy atom. The molecule has 0 heterocycles. The van der Waals surface area contributed by atoms with Crippen molar-refractivity contribution in [3.8, 4) is 11.1 Å². The maximum absolute atomic E-state index is 13.8. The van der Waals surface area contributed by atoms with E-state index < -0.39 is 11.8 Å². The monoisotopic (exact) mass is 266 g/mol. The number of benzene rings is 3. The van der Waals surface area contributed by atoms with Crippen molar-refractivity contribution in [3.05, 3.63) is 72.0 Å². The van der Waals surface area contributed by atoms with Crippen molar-refractivity contribution in [1.82, 2.24) is 0 Å². The number of carboxylic acids is 1. The largest absolute Gasteiger partial charge is 0.478 e. The number of hydrogen-bond acceptors (Lipinski definition) is 1. The van der Waals surface area contributed by atoms with E-state index in [1.165, 1.54) is 6.07 Å². The summed E-state index contributed by atoms with van der Waals surface area (Å²) in [7, 11) is 0. The third-order valence-electron chi connectivity index (χ3n) is 3.31. The summed E-state index contributed by atoms with van der Waals surface area (Å²) in [5, 5.41) is 11.1. The van der Waals surface area contributed by atoms with Crippen molar-refractivity contribution in [2.45, 2.75) is 0 Å². The van der Waals surface area contributed by atoms with Crippen LogP contribution in [-0.2, 0) is 0 Å². The number of carboxylic acid groups (broad SMARTS) is 1. The maximum atomic E-state index is 13.8. The van der Waals surface area contributed by atoms with Crippen molar-refractivity contribution in [2.24, 2.45) is 0 Å². The van der Waals surface area contributed by atoms with Crippen LogP contribution in [0, 0.1) is 5.82 Å². The standard InChI is InChI=1S/C17H11FO2/c18-15-10-4-9-14(16(15)17(19)20)13-8-3-6-11-5-1-2-7-12(11)13/h1-10H,(H,19,20). The van der Waals surface area contributed by atoms with Gasteiger partial charge in [-0.1, -0.05) is 54.6 Å². The van der Waals surface area contributed by atoms with E-state index in [9.17, 15) is 14.3 Å². The summed E-state index contributed by atoms with van der Waals surface area (Å²) >= 11 is 0. The molecule has 0 aliphatic carbocycles. The van der Waals surface area contributed by atoms with Crippen LogP contribution in [0.4, 0.5) is 4.39 Å². The molecule has 3 rings (SSSR count). The summed E-state index contributed by atoms with van der Waals surface area (Å²) < 4.78 is 13.8. The predicted molar refractivity (Wildman–Crippen MR) is 76.3 cm³/mol. The van der Waals surface area contributed by atoms with E-state index in [0.717, 1.165) is 22.4 Å². The number of rotatable bonds is 2. The molecule has 0 saturated carbocycles. The number of aromatic carboxylic acids is 1. The van der Waals surface area contributed by atoms with Gasteiger partial charge < -0.3 is 5.11 Å². The molecule has 0 radical (unpaired) electrons. The summed E-state index contributed by atoms with van der Waals surface area (Å²) in [5.41, 5.74) is 0.832. The Kier molecular flexibility index (Phi) is 2.95. The Morgan fingerprint density at radius 1 is 0.850 bits per heavy atom. The molecule has 2 nitrogen and oxygen atoms in total. The quantitative estimate of drug-likeness (QED) is 0.749. The summed E-state index contributed by atoms with van der Waals surface area (Å²) in [6.07, 6.45) is 0. The smallest absolute Gasteiger partial charge is 0.339 e. The molecule has 0 aliphatic heterocycles. The van der Waals surface area contributed by atoms with Crippen LogP contribution in [0.1, 0.15) is 10.4 Å². The van der Waals surface area contributed by atoms with Gasteiger partial charge in [0, 0.05) is 0 Å². The molecular weight excluding hydrogens is 255 g/mol. The fraction of sp³-hybridized carbons (Fsp3) is 0. The molecule has 0 aromatic heterocycles. The van der Waals surface area contributed by atoms with Crippen LogP contribution in [0.15, 0.2) is 60.7 Å². The van der Waals surface area contributed by atoms with Gasteiger partial charge in [-0.25, -0.2) is 9.18 Å². The van der Waals surface area contributed by atoms with E-state index in [4.69, 9.17) is 0 Å². The minimum Gasteiger partial charge on any atom is -0.478 e. The van der Waals surface area contributed by atoms with E-state index >= 15 is 0 Å². The number of hydrogen-bond donors (Lipinski definition) is 1. The van der Waals surface area contributed by atoms with Gasteiger partial charge in [-0.05, 0) is 28.0 Å². The average molecular weight is 266 g/mol. The van der Waals surface area contributed by atoms with Crippen molar-refractivity contribution in [1.29, 1.82) is 0 Å². The lowest BCUT2D eigenvalue weighted by atomic mass is 9.94. The number of carbonyl (C=O) groups is 1. The highest BCUT2D eigenvalue weighted by Gasteiger charge is 2.17. The molecule has 0 aliphatic rings. The zero-order valence-electron chi connectivity index (χ0n) is 10.5. The molecule has 0 fully saturated rings. The molecule has 0 unspecified atom stereocenters. The summed E-state index contributed by atoms with van der Waals surface area (Å²) in [6.45, 7) is 0. The molecule has 1 N–H and O–H groups in total. The van der Waals surface area contributed by atoms with Crippen molar-refractivity contribution < 1.29 is 14.3 Å². The van der Waals surface area contributed by atoms with Crippen LogP contribution in [0.5, 0.6) is 0 Å². The predicted octanol–water partition coefficient (Wildman–Crippen LogP) is 4.34. The molecule has 0 amide bonds. The van der Waals surface area contributed by atoms with Crippen LogP contribution in [0.2, 0.25) is 0 Å². The first-order valence-electron chi connectivity index (χ1n) is 6.18. The van der Waals surface area contributed by atoms with Crippen LogP contribution in [-0.4, -0.2) is 11.1 Å². The first kappa shape index (κ1) is 12.4. The molecule has 0 atom stereocenters. The Morgan fingerprint density at radius 2 is 1.50 bits per heavy atom. The first-order chi connectivity index (χ1) is 9.68. The highest BCUT2D eigenvalue weighted by atomic mass is 19.1. The van der Waals surface area contributed by atoms with E-state index in [2.05, 4.69) is 0 Å². The lowest BCUT2D eigenvalue weighted by molar-refractivity contribution is 0.0693. The van der Waals surface area contributed by atoms with E-state index in [1.807, 2.05) is 42.5 Å². The third-order valence-corrected chi connectivity index (χ3v) is 3.31. The summed E-state index contributed by atoms with van der Waals surface area (Å²) in [6, 6.07) is 17.6. The van der Waals surface area contributed by atoms with Crippen molar-refractivity contribution in [3.63, 3.8) is 0 Å². The third kappa shape index (κ3) is 1.93. The van der Waals surface area contributed by atoms with Crippen LogP contribution >= 0.6 is 0 Å². The molecule has 0 bridgehead atoms. The van der Waals surface area contributed by atoms with Gasteiger partial charge in [-0.15, -0.1) is 0 Å². The highest BCUT2D eigenvalue weighted by Crippen LogP contribution is 2.32. The van der Waals surface area contributed by atoms with Crippen LogP contribution < -0.4 is 0 Å². The molecule has 0 saturated heterocycles. The topological polar surface area (TPSA) is 37.3 Å². The van der Waals surface area contributed by atoms with E-state index in [0.29, 0.717) is 5.56 Å². The molecule has 3 heteroatoms. The lowest BCUT2D eigenvalue weighted by Gasteiger charge is -2.10. The van der Waals surface area contributed by atoms with Gasteiger partial charge >= 0.3 is 5.97 Å². The summed E-state index contributed by atoms with van der Waals surface area (Å²) in [5.74, 6) is -1.98. The lowest BCUT2D eigenvalue weighted by Crippen LogP contribution is -2.03. The normalized spacial score (nSPS) is 10.7. The average Bonchev–Trinajstić information content (AvgIpc) is 2.46. The van der Waals surface area contributed by atoms with Crippen molar-refractivity contribution in [2.75, 3.05) is 0 Å². The molecule has 3 aromatic rings. The molecule has 20 heavy (non-hydrogen) atoms. The second-order valence-electron chi connectivity index (χ2n) is 4.49. The Bertz CT molecular complexity index is 804. The van der Waals surface area contributed by atoms with E-state index in [-0.39, 0.29) is 5.56 Å². The second-order valence-corrected chi connectivity index (χ2v) is 4.49. The van der Waals surface area contributed by atoms with Gasteiger partial charge in [0.1, 0.15) is 11.4 Å². The molecular formula is C17H11FO2. The van der Waals surface area contributed by atoms with Gasteiger partial charge in [-0.3, -0.25) is 0 Å². The molecule has 3 aromatic carbocycles. The minimum atomic E-state index is -1.26. The highest BCUT2D eigenvalue weighted by molar-refractivity contribution is 6.03. The first-order valence-corrected chi connectivity index (χ1v) is 6.18. The van der Waals surface area contributed by atoms with E-state index in [1.54, 1.807) is 6.07 Å². The fourth-order valence-electron chi connectivity index (χ4n) is 2.43. The summed E-state index contributed by atoms with van der Waals surface area (Å²) in [4.78, 5) is 11.3. The van der Waals surface area contributed by atoms with Gasteiger partial charge in [-0.2, -0.15) is 0 Å². The SMILES string of the molecule is O=C(O)c1c(F)cccc1-c1cccc2ccccc12.